The molecule has 2 aliphatic rings. The van der Waals surface area contributed by atoms with Gasteiger partial charge in [-0.1, -0.05) is 114 Å². The fourth-order valence-corrected chi connectivity index (χ4v) is 11.6. The Labute approximate surface area is 379 Å². The zero-order chi connectivity index (χ0) is 43.8. The Morgan fingerprint density at radius 2 is 1.09 bits per heavy atom. The molecule has 0 amide bonds. The number of hydrogen-bond acceptors (Lipinski definition) is 5. The normalized spacial score (nSPS) is 13.5. The molecule has 12 rings (SSSR count). The molecule has 0 radical (unpaired) electrons. The van der Waals surface area contributed by atoms with Gasteiger partial charge >= 0.3 is 0 Å². The third-order valence-electron chi connectivity index (χ3n) is 13.6. The first kappa shape index (κ1) is 38.9. The van der Waals surface area contributed by atoms with Crippen molar-refractivity contribution < 1.29 is 8.83 Å². The predicted molar refractivity (Wildman–Crippen MR) is 273 cm³/mol. The van der Waals surface area contributed by atoms with Gasteiger partial charge in [-0.05, 0) is 148 Å². The van der Waals surface area contributed by atoms with Crippen LogP contribution in [0.5, 0.6) is 0 Å². The summed E-state index contributed by atoms with van der Waals surface area (Å²) < 4.78 is 14.2. The number of thiophene rings is 1. The van der Waals surface area contributed by atoms with Gasteiger partial charge in [0, 0.05) is 49.3 Å². The van der Waals surface area contributed by atoms with Crippen LogP contribution in [0.2, 0.25) is 0 Å². The summed E-state index contributed by atoms with van der Waals surface area (Å²) >= 11 is 1.92. The van der Waals surface area contributed by atoms with Crippen molar-refractivity contribution in [3.8, 4) is 22.6 Å². The minimum Gasteiger partial charge on any atom is -0.456 e. The topological polar surface area (TPSA) is 32.8 Å². The second-order valence-corrected chi connectivity index (χ2v) is 21.0. The molecule has 0 saturated heterocycles. The second-order valence-electron chi connectivity index (χ2n) is 19.9. The number of benzene rings is 7. The van der Waals surface area contributed by atoms with Gasteiger partial charge < -0.3 is 18.6 Å². The monoisotopic (exact) mass is 848 g/mol. The molecule has 6 heteroatoms. The maximum atomic E-state index is 6.59. The summed E-state index contributed by atoms with van der Waals surface area (Å²) in [5, 5.41) is 4.82. The first-order valence-corrected chi connectivity index (χ1v) is 23.3. The standard InChI is InChI=1S/C58H49BN2O2S/c1-34-28-41(58(6,7)8)29-35(2)55(34)61-47-17-13-16-46-54(47)59(53-43-33-40(57(3,4)5)23-27-52(43)64-56(53)61)44-30-39(51-32-38-15-10-12-19-49(38)63-51)22-26-45(44)60(46)42-24-20-36(21-25-42)50-31-37-14-9-11-18-48(37)62-50/h9-33H,1-8H3. The smallest absolute Gasteiger partial charge is 0.254 e. The molecule has 0 saturated carbocycles. The van der Waals surface area contributed by atoms with E-state index in [0.717, 1.165) is 50.3 Å². The van der Waals surface area contributed by atoms with E-state index >= 15 is 0 Å². The number of fused-ring (bicyclic) bond motifs is 8. The van der Waals surface area contributed by atoms with Crippen molar-refractivity contribution in [2.75, 3.05) is 9.80 Å². The first-order valence-electron chi connectivity index (χ1n) is 22.4. The van der Waals surface area contributed by atoms with Gasteiger partial charge in [-0.25, -0.2) is 0 Å². The summed E-state index contributed by atoms with van der Waals surface area (Å²) in [7, 11) is 0. The highest BCUT2D eigenvalue weighted by Crippen LogP contribution is 2.50. The van der Waals surface area contributed by atoms with E-state index in [9.17, 15) is 0 Å². The Kier molecular flexibility index (Phi) is 8.43. The van der Waals surface area contributed by atoms with Gasteiger partial charge in [-0.15, -0.1) is 11.3 Å². The highest BCUT2D eigenvalue weighted by atomic mass is 32.1. The molecule has 312 valence electrons. The van der Waals surface area contributed by atoms with Crippen LogP contribution in [0.15, 0.2) is 160 Å². The Balaban J connectivity index is 1.13. The van der Waals surface area contributed by atoms with E-state index in [1.165, 1.54) is 76.5 Å². The van der Waals surface area contributed by atoms with Crippen molar-refractivity contribution in [2.24, 2.45) is 0 Å². The maximum Gasteiger partial charge on any atom is 0.254 e. The molecular formula is C58H49BN2O2S. The molecule has 3 aromatic heterocycles. The van der Waals surface area contributed by atoms with Crippen LogP contribution in [0.1, 0.15) is 63.8 Å². The Morgan fingerprint density at radius 3 is 1.72 bits per heavy atom. The summed E-state index contributed by atoms with van der Waals surface area (Å²) in [5.74, 6) is 1.74. The van der Waals surface area contributed by atoms with E-state index in [-0.39, 0.29) is 17.5 Å². The Hall–Kier alpha value is -6.76. The number of furan rings is 2. The van der Waals surface area contributed by atoms with E-state index in [1.807, 2.05) is 29.5 Å². The van der Waals surface area contributed by atoms with Crippen LogP contribution in [0.4, 0.5) is 33.4 Å². The van der Waals surface area contributed by atoms with Crippen molar-refractivity contribution in [1.82, 2.24) is 0 Å². The number of rotatable bonds is 4. The average Bonchev–Trinajstić information content (AvgIpc) is 4.02. The minimum atomic E-state index is -0.0405. The van der Waals surface area contributed by atoms with Crippen molar-refractivity contribution in [2.45, 2.75) is 66.2 Å². The quantitative estimate of drug-likeness (QED) is 0.165. The van der Waals surface area contributed by atoms with Crippen LogP contribution in [-0.4, -0.2) is 6.71 Å². The fraction of sp³-hybridized carbons (Fsp3) is 0.172. The van der Waals surface area contributed by atoms with E-state index < -0.39 is 0 Å². The zero-order valence-corrected chi connectivity index (χ0v) is 38.4. The van der Waals surface area contributed by atoms with Gasteiger partial charge in [0.25, 0.3) is 6.71 Å². The molecule has 0 N–H and O–H groups in total. The molecule has 5 heterocycles. The van der Waals surface area contributed by atoms with E-state index in [4.69, 9.17) is 8.83 Å². The van der Waals surface area contributed by atoms with Crippen LogP contribution in [0, 0.1) is 13.8 Å². The van der Waals surface area contributed by atoms with Gasteiger partial charge in [0.2, 0.25) is 0 Å². The van der Waals surface area contributed by atoms with Gasteiger partial charge in [0.1, 0.15) is 22.7 Å². The molecule has 0 bridgehead atoms. The van der Waals surface area contributed by atoms with E-state index in [2.05, 4.69) is 199 Å². The molecule has 4 nitrogen and oxygen atoms in total. The number of para-hydroxylation sites is 2. The van der Waals surface area contributed by atoms with Crippen LogP contribution >= 0.6 is 11.3 Å². The molecule has 10 aromatic rings. The van der Waals surface area contributed by atoms with Crippen LogP contribution in [0.3, 0.4) is 0 Å². The zero-order valence-electron chi connectivity index (χ0n) is 37.6. The Morgan fingerprint density at radius 1 is 0.500 bits per heavy atom. The molecule has 0 fully saturated rings. The molecule has 2 aliphatic heterocycles. The lowest BCUT2D eigenvalue weighted by Crippen LogP contribution is -2.61. The van der Waals surface area contributed by atoms with Crippen LogP contribution < -0.4 is 26.2 Å². The molecule has 0 unspecified atom stereocenters. The summed E-state index contributed by atoms with van der Waals surface area (Å²) in [6.07, 6.45) is 0. The fourth-order valence-electron chi connectivity index (χ4n) is 10.3. The third-order valence-corrected chi connectivity index (χ3v) is 14.8. The van der Waals surface area contributed by atoms with Crippen molar-refractivity contribution >= 4 is 99.9 Å². The summed E-state index contributed by atoms with van der Waals surface area (Å²) in [6, 6.07) is 55.7. The van der Waals surface area contributed by atoms with E-state index in [0.29, 0.717) is 0 Å². The van der Waals surface area contributed by atoms with Crippen molar-refractivity contribution in [3.63, 3.8) is 0 Å². The van der Waals surface area contributed by atoms with Crippen LogP contribution in [0.25, 0.3) is 54.7 Å². The number of hydrogen-bond donors (Lipinski definition) is 0. The highest BCUT2D eigenvalue weighted by Gasteiger charge is 2.46. The molecule has 0 atom stereocenters. The average molecular weight is 849 g/mol. The van der Waals surface area contributed by atoms with Gasteiger partial charge in [0.05, 0.1) is 10.7 Å². The summed E-state index contributed by atoms with van der Waals surface area (Å²) in [5.41, 5.74) is 19.0. The van der Waals surface area contributed by atoms with Gasteiger partial charge in [0.15, 0.2) is 0 Å². The predicted octanol–water partition coefficient (Wildman–Crippen LogP) is 15.0. The lowest BCUT2D eigenvalue weighted by atomic mass is 9.33. The molecule has 0 aliphatic carbocycles. The summed E-state index contributed by atoms with van der Waals surface area (Å²) in [4.78, 5) is 5.09. The van der Waals surface area contributed by atoms with Gasteiger partial charge in [-0.3, -0.25) is 0 Å². The van der Waals surface area contributed by atoms with Crippen molar-refractivity contribution in [1.29, 1.82) is 0 Å². The lowest BCUT2D eigenvalue weighted by Gasteiger charge is -2.43. The minimum absolute atomic E-state index is 0.0132. The number of anilines is 6. The molecule has 64 heavy (non-hydrogen) atoms. The molecular weight excluding hydrogens is 800 g/mol. The SMILES string of the molecule is Cc1cc(C(C)(C)C)cc(C)c1N1c2cccc3c2B(c2cc(-c4cc5ccccc5o4)ccc2N3c2ccc(-c3cc4ccccc4o3)cc2)c2c1sc1ccc(C(C)(C)C)cc21. The summed E-state index contributed by atoms with van der Waals surface area (Å²) in [6.45, 7) is 18.5. The largest absolute Gasteiger partial charge is 0.456 e. The maximum absolute atomic E-state index is 6.59. The number of aryl methyl sites for hydroxylation is 2. The van der Waals surface area contributed by atoms with E-state index in [1.54, 1.807) is 0 Å². The van der Waals surface area contributed by atoms with Crippen molar-refractivity contribution in [3.05, 3.63) is 174 Å². The highest BCUT2D eigenvalue weighted by molar-refractivity contribution is 7.26. The number of nitrogens with zero attached hydrogens (tertiary/aromatic N) is 2. The Bertz CT molecular complexity index is 3430. The second kappa shape index (κ2) is 13.9. The molecule has 7 aromatic carbocycles. The first-order chi connectivity index (χ1) is 30.8. The van der Waals surface area contributed by atoms with Gasteiger partial charge in [-0.2, -0.15) is 0 Å². The molecule has 0 spiro atoms. The lowest BCUT2D eigenvalue weighted by molar-refractivity contribution is 0.589. The van der Waals surface area contributed by atoms with Crippen LogP contribution in [-0.2, 0) is 10.8 Å². The third kappa shape index (κ3) is 5.95.